The van der Waals surface area contributed by atoms with Crippen molar-refractivity contribution in [3.8, 4) is 17.1 Å². The first-order valence-corrected chi connectivity index (χ1v) is 6.97. The van der Waals surface area contributed by atoms with Crippen LogP contribution in [0.5, 0.6) is 5.75 Å². The average Bonchev–Trinajstić information content (AvgIpc) is 3.12. The Morgan fingerprint density at radius 2 is 2.05 bits per heavy atom. The van der Waals surface area contributed by atoms with Gasteiger partial charge in [-0.3, -0.25) is 4.40 Å². The van der Waals surface area contributed by atoms with E-state index < -0.39 is 0 Å². The molecule has 3 aromatic heterocycles. The van der Waals surface area contributed by atoms with Gasteiger partial charge in [0.15, 0.2) is 11.5 Å². The smallest absolute Gasteiger partial charge is 0.173 e. The largest absolute Gasteiger partial charge is 0.496 e. The number of benzene rings is 1. The highest BCUT2D eigenvalue weighted by atomic mass is 32.1. The number of ether oxygens (including phenoxy) is 1. The molecule has 0 aliphatic carbocycles. The van der Waals surface area contributed by atoms with E-state index in [-0.39, 0.29) is 0 Å². The molecule has 4 rings (SSSR count). The molecule has 4 aromatic rings. The average molecular weight is 282 g/mol. The van der Waals surface area contributed by atoms with Gasteiger partial charge in [-0.15, -0.1) is 21.5 Å². The maximum atomic E-state index is 5.39. The summed E-state index contributed by atoms with van der Waals surface area (Å²) >= 11 is 1.60. The van der Waals surface area contributed by atoms with Crippen LogP contribution in [0.2, 0.25) is 0 Å². The van der Waals surface area contributed by atoms with Crippen LogP contribution in [0.25, 0.3) is 27.3 Å². The molecule has 0 atom stereocenters. The zero-order chi connectivity index (χ0) is 13.5. The molecule has 0 N–H and O–H groups in total. The van der Waals surface area contributed by atoms with Crippen LogP contribution in [0.4, 0.5) is 0 Å². The van der Waals surface area contributed by atoms with Crippen LogP contribution in [-0.2, 0) is 0 Å². The number of hydrogen-bond acceptors (Lipinski definition) is 5. The number of hydrogen-bond donors (Lipinski definition) is 0. The van der Waals surface area contributed by atoms with E-state index in [2.05, 4.69) is 15.2 Å². The molecule has 6 heteroatoms. The van der Waals surface area contributed by atoms with Crippen molar-refractivity contribution in [3.05, 3.63) is 42.0 Å². The Balaban J connectivity index is 2.05. The normalized spacial score (nSPS) is 11.2. The highest BCUT2D eigenvalue weighted by Crippen LogP contribution is 2.30. The van der Waals surface area contributed by atoms with Gasteiger partial charge in [0.25, 0.3) is 0 Å². The lowest BCUT2D eigenvalue weighted by molar-refractivity contribution is 0.416. The predicted octanol–water partition coefficient (Wildman–Crippen LogP) is 3.01. The summed E-state index contributed by atoms with van der Waals surface area (Å²) in [6.45, 7) is 0. The van der Waals surface area contributed by atoms with Crippen LogP contribution in [0.15, 0.2) is 42.0 Å². The van der Waals surface area contributed by atoms with Crippen molar-refractivity contribution in [2.45, 2.75) is 0 Å². The Bertz CT molecular complexity index is 912. The van der Waals surface area contributed by atoms with Gasteiger partial charge in [-0.1, -0.05) is 12.1 Å². The summed E-state index contributed by atoms with van der Waals surface area (Å²) in [5, 5.41) is 11.6. The molecule has 0 bridgehead atoms. The Kier molecular flexibility index (Phi) is 2.43. The van der Waals surface area contributed by atoms with Gasteiger partial charge in [0.05, 0.1) is 18.1 Å². The third-order valence-electron chi connectivity index (χ3n) is 3.22. The molecule has 98 valence electrons. The van der Waals surface area contributed by atoms with Gasteiger partial charge in [-0.2, -0.15) is 0 Å². The minimum Gasteiger partial charge on any atom is -0.496 e. The Labute approximate surface area is 118 Å². The van der Waals surface area contributed by atoms with Gasteiger partial charge in [-0.25, -0.2) is 4.98 Å². The van der Waals surface area contributed by atoms with Crippen molar-refractivity contribution in [3.63, 3.8) is 0 Å². The van der Waals surface area contributed by atoms with E-state index >= 15 is 0 Å². The second-order valence-corrected chi connectivity index (χ2v) is 5.20. The fourth-order valence-corrected chi connectivity index (χ4v) is 3.01. The summed E-state index contributed by atoms with van der Waals surface area (Å²) in [5.74, 6) is 1.50. The topological polar surface area (TPSA) is 52.3 Å². The Hall–Kier alpha value is -2.47. The standard InChI is InChI=1S/C14H10N4OS/c1-19-11-5-3-2-4-9(11)12-16-17-13-10-6-7-20-14(10)15-8-18(12)13/h2-8H,1H3. The summed E-state index contributed by atoms with van der Waals surface area (Å²) < 4.78 is 7.29. The maximum Gasteiger partial charge on any atom is 0.173 e. The Morgan fingerprint density at radius 3 is 2.95 bits per heavy atom. The molecule has 0 spiro atoms. The molecule has 0 unspecified atom stereocenters. The molecule has 0 aliphatic rings. The molecule has 0 aliphatic heterocycles. The molecule has 5 nitrogen and oxygen atoms in total. The number of nitrogens with zero attached hydrogens (tertiary/aromatic N) is 4. The number of fused-ring (bicyclic) bond motifs is 3. The molecule has 0 fully saturated rings. The first-order chi connectivity index (χ1) is 9.88. The summed E-state index contributed by atoms with van der Waals surface area (Å²) in [5.41, 5.74) is 1.72. The lowest BCUT2D eigenvalue weighted by atomic mass is 10.2. The minimum absolute atomic E-state index is 0.734. The lowest BCUT2D eigenvalue weighted by Gasteiger charge is -2.06. The molecule has 20 heavy (non-hydrogen) atoms. The van der Waals surface area contributed by atoms with Crippen LogP contribution in [0.1, 0.15) is 0 Å². The number of aromatic nitrogens is 4. The monoisotopic (exact) mass is 282 g/mol. The van der Waals surface area contributed by atoms with Crippen LogP contribution in [0.3, 0.4) is 0 Å². The zero-order valence-electron chi connectivity index (χ0n) is 10.6. The predicted molar refractivity (Wildman–Crippen MR) is 78.2 cm³/mol. The molecule has 3 heterocycles. The summed E-state index contributed by atoms with van der Waals surface area (Å²) in [4.78, 5) is 5.41. The third kappa shape index (κ3) is 1.51. The van der Waals surface area contributed by atoms with E-state index in [1.807, 2.05) is 40.1 Å². The van der Waals surface area contributed by atoms with Gasteiger partial charge in [0.1, 0.15) is 16.9 Å². The molecule has 1 aromatic carbocycles. The van der Waals surface area contributed by atoms with Gasteiger partial charge >= 0.3 is 0 Å². The van der Waals surface area contributed by atoms with Gasteiger partial charge < -0.3 is 4.74 Å². The molecule has 0 amide bonds. The van der Waals surface area contributed by atoms with Crippen molar-refractivity contribution in [1.29, 1.82) is 0 Å². The van der Waals surface area contributed by atoms with E-state index in [4.69, 9.17) is 4.74 Å². The highest BCUT2D eigenvalue weighted by Gasteiger charge is 2.14. The second-order valence-electron chi connectivity index (χ2n) is 4.30. The Morgan fingerprint density at radius 1 is 1.15 bits per heavy atom. The highest BCUT2D eigenvalue weighted by molar-refractivity contribution is 7.16. The maximum absolute atomic E-state index is 5.39. The van der Waals surface area contributed by atoms with Gasteiger partial charge in [-0.05, 0) is 23.6 Å². The van der Waals surface area contributed by atoms with E-state index in [1.165, 1.54) is 0 Å². The van der Waals surface area contributed by atoms with Crippen molar-refractivity contribution in [2.24, 2.45) is 0 Å². The van der Waals surface area contributed by atoms with E-state index in [0.29, 0.717) is 0 Å². The number of rotatable bonds is 2. The van der Waals surface area contributed by atoms with Crippen molar-refractivity contribution in [2.75, 3.05) is 7.11 Å². The van der Waals surface area contributed by atoms with Gasteiger partial charge in [0, 0.05) is 0 Å². The zero-order valence-corrected chi connectivity index (χ0v) is 11.5. The molecule has 0 saturated carbocycles. The van der Waals surface area contributed by atoms with Crippen molar-refractivity contribution >= 4 is 27.2 Å². The van der Waals surface area contributed by atoms with E-state index in [0.717, 1.165) is 33.0 Å². The quantitative estimate of drug-likeness (QED) is 0.567. The number of methoxy groups -OCH3 is 1. The number of thiophene rings is 1. The SMILES string of the molecule is COc1ccccc1-c1nnc2c3ccsc3ncn12. The second kappa shape index (κ2) is 4.28. The fraction of sp³-hybridized carbons (Fsp3) is 0.0714. The molecular formula is C14H10N4OS. The first kappa shape index (κ1) is 11.4. The summed E-state index contributed by atoms with van der Waals surface area (Å²) in [6, 6.07) is 9.78. The van der Waals surface area contributed by atoms with Crippen LogP contribution in [-0.4, -0.2) is 26.7 Å². The van der Waals surface area contributed by atoms with Crippen LogP contribution < -0.4 is 4.74 Å². The van der Waals surface area contributed by atoms with Crippen molar-refractivity contribution in [1.82, 2.24) is 19.6 Å². The third-order valence-corrected chi connectivity index (χ3v) is 4.04. The van der Waals surface area contributed by atoms with E-state index in [1.54, 1.807) is 24.8 Å². The van der Waals surface area contributed by atoms with Crippen LogP contribution in [0, 0.1) is 0 Å². The first-order valence-electron chi connectivity index (χ1n) is 6.09. The van der Waals surface area contributed by atoms with Crippen molar-refractivity contribution < 1.29 is 4.74 Å². The molecule has 0 radical (unpaired) electrons. The summed E-state index contributed by atoms with van der Waals surface area (Å²) in [6.07, 6.45) is 1.76. The molecular weight excluding hydrogens is 272 g/mol. The number of para-hydroxylation sites is 1. The van der Waals surface area contributed by atoms with Gasteiger partial charge in [0.2, 0.25) is 0 Å². The summed E-state index contributed by atoms with van der Waals surface area (Å²) in [7, 11) is 1.65. The van der Waals surface area contributed by atoms with Crippen LogP contribution >= 0.6 is 11.3 Å². The van der Waals surface area contributed by atoms with E-state index in [9.17, 15) is 0 Å². The minimum atomic E-state index is 0.734. The fourth-order valence-electron chi connectivity index (χ4n) is 2.28. The molecule has 0 saturated heterocycles. The lowest BCUT2D eigenvalue weighted by Crippen LogP contribution is -1.94.